The van der Waals surface area contributed by atoms with Gasteiger partial charge in [-0.3, -0.25) is 28.7 Å². The molecule has 1 atom stereocenters. The van der Waals surface area contributed by atoms with Crippen LogP contribution in [0.2, 0.25) is 0 Å². The van der Waals surface area contributed by atoms with E-state index in [0.29, 0.717) is 23.2 Å². The van der Waals surface area contributed by atoms with E-state index in [4.69, 9.17) is 0 Å². The molecule has 0 unspecified atom stereocenters. The highest BCUT2D eigenvalue weighted by molar-refractivity contribution is 7.92. The van der Waals surface area contributed by atoms with Crippen molar-refractivity contribution in [1.29, 1.82) is 0 Å². The smallest absolute Gasteiger partial charge is 0.335 e. The molecule has 0 radical (unpaired) electrons. The number of sulfonamides is 1. The van der Waals surface area contributed by atoms with Gasteiger partial charge < -0.3 is 15.7 Å². The van der Waals surface area contributed by atoms with Crippen molar-refractivity contribution in [3.8, 4) is 5.69 Å². The number of nitrogens with zero attached hydrogens (tertiary/aromatic N) is 3. The third-order valence-electron chi connectivity index (χ3n) is 7.75. The van der Waals surface area contributed by atoms with Gasteiger partial charge in [-0.25, -0.2) is 31.4 Å². The molecule has 0 aliphatic rings. The van der Waals surface area contributed by atoms with Gasteiger partial charge in [-0.1, -0.05) is 12.1 Å². The van der Waals surface area contributed by atoms with Crippen molar-refractivity contribution in [2.75, 3.05) is 4.72 Å². The largest absolute Gasteiger partial charge is 0.480 e. The van der Waals surface area contributed by atoms with Crippen molar-refractivity contribution < 1.29 is 36.7 Å². The number of hydrogen-bond acceptors (Lipinski definition) is 8. The molecule has 0 saturated carbocycles. The van der Waals surface area contributed by atoms with E-state index >= 15 is 8.78 Å². The number of nitrogens with one attached hydrogen (secondary N) is 3. The first kappa shape index (κ1) is 37.0. The fraction of sp³-hybridized carbons (Fsp3) is 0.200. The van der Waals surface area contributed by atoms with Crippen LogP contribution in [0.5, 0.6) is 0 Å². The number of anilines is 1. The monoisotopic (exact) mass is 734 g/mol. The first-order valence-electron chi connectivity index (χ1n) is 15.5. The summed E-state index contributed by atoms with van der Waals surface area (Å²) in [7, 11) is -2.92. The summed E-state index contributed by atoms with van der Waals surface area (Å²) in [5.41, 5.74) is -2.46. The summed E-state index contributed by atoms with van der Waals surface area (Å²) in [5, 5.41) is 14.8. The molecule has 14 nitrogen and oxygen atoms in total. The number of aromatic nitrogens is 3. The number of fused-ring (bicyclic) bond motifs is 1. The van der Waals surface area contributed by atoms with E-state index in [9.17, 15) is 37.5 Å². The Hall–Kier alpha value is -6.23. The Morgan fingerprint density at radius 3 is 2.12 bits per heavy atom. The van der Waals surface area contributed by atoms with Gasteiger partial charge in [-0.15, -0.1) is 0 Å². The number of pyridine rings is 1. The second kappa shape index (κ2) is 14.2. The van der Waals surface area contributed by atoms with E-state index in [1.54, 1.807) is 20.8 Å². The van der Waals surface area contributed by atoms with Crippen LogP contribution in [0.25, 0.3) is 16.6 Å². The fourth-order valence-corrected chi connectivity index (χ4v) is 6.27. The second-order valence-corrected chi connectivity index (χ2v) is 14.4. The van der Waals surface area contributed by atoms with Crippen molar-refractivity contribution >= 4 is 44.4 Å². The minimum Gasteiger partial charge on any atom is -0.480 e. The molecule has 0 spiro atoms. The summed E-state index contributed by atoms with van der Waals surface area (Å²) in [4.78, 5) is 67.0. The molecule has 2 heterocycles. The van der Waals surface area contributed by atoms with Gasteiger partial charge in [-0.05, 0) is 80.9 Å². The van der Waals surface area contributed by atoms with Crippen LogP contribution in [0, 0.1) is 11.6 Å². The Bertz CT molecular complexity index is 2430. The summed E-state index contributed by atoms with van der Waals surface area (Å²) in [6.07, 6.45) is 2.45. The predicted octanol–water partition coefficient (Wildman–Crippen LogP) is 3.12. The Labute approximate surface area is 294 Å². The minimum atomic E-state index is -4.39. The first-order valence-corrected chi connectivity index (χ1v) is 17.0. The van der Waals surface area contributed by atoms with E-state index in [2.05, 4.69) is 15.6 Å². The topological polar surface area (TPSA) is 199 Å². The van der Waals surface area contributed by atoms with Crippen molar-refractivity contribution in [1.82, 2.24) is 24.8 Å². The number of amides is 2. The van der Waals surface area contributed by atoms with E-state index < -0.39 is 73.5 Å². The van der Waals surface area contributed by atoms with Gasteiger partial charge in [0.1, 0.15) is 23.2 Å². The van der Waals surface area contributed by atoms with Gasteiger partial charge in [0.15, 0.2) is 0 Å². The molecule has 4 N–H and O–H groups in total. The van der Waals surface area contributed by atoms with Gasteiger partial charge in [0.2, 0.25) is 0 Å². The lowest BCUT2D eigenvalue weighted by Gasteiger charge is -2.20. The number of aryl methyl sites for hydroxylation is 1. The van der Waals surface area contributed by atoms with E-state index in [1.165, 1.54) is 66.5 Å². The number of aliphatic carboxylic acids is 1. The predicted molar refractivity (Wildman–Crippen MR) is 186 cm³/mol. The van der Waals surface area contributed by atoms with Crippen molar-refractivity contribution in [3.63, 3.8) is 0 Å². The van der Waals surface area contributed by atoms with Crippen molar-refractivity contribution in [2.45, 2.75) is 43.7 Å². The molecule has 270 valence electrons. The molecule has 2 amide bonds. The summed E-state index contributed by atoms with van der Waals surface area (Å²) in [5.74, 6) is -6.34. The zero-order chi connectivity index (χ0) is 38.1. The lowest BCUT2D eigenvalue weighted by atomic mass is 10.0. The highest BCUT2D eigenvalue weighted by Crippen LogP contribution is 2.23. The standard InChI is InChI=1S/C35H32F2N6O8S/c1-35(2,3)40-30(44)20-7-11-23(12-8-20)52(50,51)41-21-16-25(36)29(26(37)17-21)31(45)39-27(33(47)48)15-19-5-9-22(10-6-19)43-32(46)24-13-14-38-18-28(24)42(4)34(43)49/h5-14,16-18,27,41H,15H2,1-4H3,(H,39,45)(H,40,44)(H,47,48)/t27-/m0/s1. The highest BCUT2D eigenvalue weighted by atomic mass is 32.2. The molecule has 0 saturated heterocycles. The lowest BCUT2D eigenvalue weighted by molar-refractivity contribution is -0.139. The van der Waals surface area contributed by atoms with Gasteiger partial charge in [-0.2, -0.15) is 0 Å². The van der Waals surface area contributed by atoms with Crippen LogP contribution in [0.1, 0.15) is 47.1 Å². The second-order valence-electron chi connectivity index (χ2n) is 12.8. The van der Waals surface area contributed by atoms with Gasteiger partial charge in [0.05, 0.1) is 33.4 Å². The third kappa shape index (κ3) is 7.88. The van der Waals surface area contributed by atoms with Crippen LogP contribution < -0.4 is 26.6 Å². The third-order valence-corrected chi connectivity index (χ3v) is 9.14. The molecule has 3 aromatic carbocycles. The Balaban J connectivity index is 1.30. The summed E-state index contributed by atoms with van der Waals surface area (Å²) < 4.78 is 60.2. The normalized spacial score (nSPS) is 12.3. The van der Waals surface area contributed by atoms with Crippen molar-refractivity contribution in [3.05, 3.63) is 128 Å². The summed E-state index contributed by atoms with van der Waals surface area (Å²) in [6, 6.07) is 11.4. The SMILES string of the molecule is Cn1c(=O)n(-c2ccc(C[C@H](NC(=O)c3c(F)cc(NS(=O)(=O)c4ccc(C(=O)NC(C)(C)C)cc4)cc3F)C(=O)O)cc2)c(=O)c2ccncc21. The molecule has 0 bridgehead atoms. The van der Waals surface area contributed by atoms with Crippen molar-refractivity contribution in [2.24, 2.45) is 7.05 Å². The number of carboxylic acid groups (broad SMARTS) is 1. The Kier molecular flexibility index (Phi) is 10.1. The number of halogens is 2. The molecule has 52 heavy (non-hydrogen) atoms. The maximum Gasteiger partial charge on any atom is 0.335 e. The Morgan fingerprint density at radius 1 is 0.923 bits per heavy atom. The molecule has 0 aliphatic heterocycles. The number of benzene rings is 3. The molecule has 5 rings (SSSR count). The van der Waals surface area contributed by atoms with Crippen LogP contribution in [0.3, 0.4) is 0 Å². The van der Waals surface area contributed by atoms with E-state index in [0.717, 1.165) is 16.7 Å². The maximum atomic E-state index is 15.1. The average molecular weight is 735 g/mol. The quantitative estimate of drug-likeness (QED) is 0.167. The summed E-state index contributed by atoms with van der Waals surface area (Å²) in [6.45, 7) is 5.32. The number of carbonyl (C=O) groups is 3. The number of carboxylic acids is 1. The van der Waals surface area contributed by atoms with Crippen LogP contribution in [-0.4, -0.2) is 57.0 Å². The summed E-state index contributed by atoms with van der Waals surface area (Å²) >= 11 is 0. The highest BCUT2D eigenvalue weighted by Gasteiger charge is 2.27. The molecule has 0 fully saturated rings. The number of rotatable bonds is 10. The molecular weight excluding hydrogens is 702 g/mol. The molecule has 5 aromatic rings. The van der Waals surface area contributed by atoms with Crippen LogP contribution >= 0.6 is 0 Å². The Morgan fingerprint density at radius 2 is 1.54 bits per heavy atom. The van der Waals surface area contributed by atoms with Crippen LogP contribution in [-0.2, 0) is 28.3 Å². The molecular formula is C35H32F2N6O8S. The van der Waals surface area contributed by atoms with Crippen LogP contribution in [0.4, 0.5) is 14.5 Å². The fourth-order valence-electron chi connectivity index (χ4n) is 5.23. The molecule has 0 aliphatic carbocycles. The zero-order valence-corrected chi connectivity index (χ0v) is 28.9. The van der Waals surface area contributed by atoms with E-state index in [1.807, 2.05) is 4.72 Å². The lowest BCUT2D eigenvalue weighted by Crippen LogP contribution is -2.43. The molecule has 2 aromatic heterocycles. The average Bonchev–Trinajstić information content (AvgIpc) is 3.06. The first-order chi connectivity index (χ1) is 24.4. The molecule has 17 heteroatoms. The van der Waals surface area contributed by atoms with Crippen LogP contribution in [0.15, 0.2) is 93.6 Å². The number of hydrogen-bond donors (Lipinski definition) is 4. The zero-order valence-electron chi connectivity index (χ0n) is 28.1. The maximum absolute atomic E-state index is 15.1. The van der Waals surface area contributed by atoms with Gasteiger partial charge >= 0.3 is 11.7 Å². The van der Waals surface area contributed by atoms with E-state index in [-0.39, 0.29) is 28.0 Å². The number of carbonyl (C=O) groups excluding carboxylic acids is 2. The minimum absolute atomic E-state index is 0.182. The van der Waals surface area contributed by atoms with Gasteiger partial charge in [0, 0.05) is 30.8 Å². The van der Waals surface area contributed by atoms with Gasteiger partial charge in [0.25, 0.3) is 27.4 Å².